The lowest BCUT2D eigenvalue weighted by atomic mass is 10.1. The van der Waals surface area contributed by atoms with E-state index in [1.807, 2.05) is 38.4 Å². The van der Waals surface area contributed by atoms with Gasteiger partial charge in [-0.25, -0.2) is 0 Å². The van der Waals surface area contributed by atoms with E-state index in [0.717, 1.165) is 22.1 Å². The first-order valence-electron chi connectivity index (χ1n) is 5.75. The first kappa shape index (κ1) is 12.2. The number of hydrogen-bond donors (Lipinski definition) is 1. The van der Waals surface area contributed by atoms with E-state index in [2.05, 4.69) is 28.9 Å². The molecule has 18 heavy (non-hydrogen) atoms. The van der Waals surface area contributed by atoms with E-state index in [0.29, 0.717) is 0 Å². The van der Waals surface area contributed by atoms with Crippen molar-refractivity contribution < 1.29 is 4.79 Å². The molecule has 2 rings (SSSR count). The fourth-order valence-corrected chi connectivity index (χ4v) is 1.78. The van der Waals surface area contributed by atoms with Crippen molar-refractivity contribution >= 4 is 28.1 Å². The minimum atomic E-state index is -0.195. The van der Waals surface area contributed by atoms with Crippen molar-refractivity contribution in [2.45, 2.75) is 0 Å². The molecule has 0 aliphatic rings. The summed E-state index contributed by atoms with van der Waals surface area (Å²) in [4.78, 5) is 13.3. The Bertz CT molecular complexity index is 602. The fourth-order valence-electron chi connectivity index (χ4n) is 1.78. The van der Waals surface area contributed by atoms with Crippen LogP contribution in [0.2, 0.25) is 0 Å². The van der Waals surface area contributed by atoms with Crippen LogP contribution >= 0.6 is 0 Å². The maximum absolute atomic E-state index is 11.2. The number of carbonyl (C=O) groups is 1. The molecule has 1 amide bonds. The number of benzene rings is 2. The van der Waals surface area contributed by atoms with Crippen molar-refractivity contribution in [2.24, 2.45) is 0 Å². The van der Waals surface area contributed by atoms with E-state index < -0.39 is 0 Å². The summed E-state index contributed by atoms with van der Waals surface area (Å²) in [5.41, 5.74) is 1.94. The van der Waals surface area contributed by atoms with Crippen LogP contribution in [-0.2, 0) is 4.79 Å². The molecule has 0 saturated carbocycles. The largest absolute Gasteiger partial charge is 0.378 e. The second kappa shape index (κ2) is 4.92. The Balaban J connectivity index is 2.38. The van der Waals surface area contributed by atoms with Crippen molar-refractivity contribution in [3.05, 3.63) is 49.1 Å². The quantitative estimate of drug-likeness (QED) is 0.836. The van der Waals surface area contributed by atoms with E-state index in [1.165, 1.54) is 6.08 Å². The zero-order valence-electron chi connectivity index (χ0n) is 10.6. The lowest BCUT2D eigenvalue weighted by Gasteiger charge is -2.13. The number of fused-ring (bicyclic) bond motifs is 1. The summed E-state index contributed by atoms with van der Waals surface area (Å²) in [6.45, 7) is 3.43. The number of amides is 1. The summed E-state index contributed by atoms with van der Waals surface area (Å²) in [6.07, 6.45) is 1.26. The SMILES string of the molecule is C=CC(=O)Nc1ccc2cc(N(C)C)ccc2c1. The number of nitrogens with zero attached hydrogens (tertiary/aromatic N) is 1. The molecule has 0 fully saturated rings. The Morgan fingerprint density at radius 1 is 1.17 bits per heavy atom. The number of hydrogen-bond acceptors (Lipinski definition) is 2. The Morgan fingerprint density at radius 3 is 2.50 bits per heavy atom. The molecule has 0 aliphatic carbocycles. The van der Waals surface area contributed by atoms with E-state index in [4.69, 9.17) is 0 Å². The molecule has 3 nitrogen and oxygen atoms in total. The predicted octanol–water partition coefficient (Wildman–Crippen LogP) is 3.03. The highest BCUT2D eigenvalue weighted by Gasteiger charge is 2.01. The molecule has 2 aromatic rings. The zero-order valence-corrected chi connectivity index (χ0v) is 10.6. The third-order valence-corrected chi connectivity index (χ3v) is 2.79. The Kier molecular flexibility index (Phi) is 3.33. The van der Waals surface area contributed by atoms with Gasteiger partial charge in [0.1, 0.15) is 0 Å². The molecule has 0 atom stereocenters. The van der Waals surface area contributed by atoms with Crippen LogP contribution in [-0.4, -0.2) is 20.0 Å². The minimum Gasteiger partial charge on any atom is -0.378 e. The molecule has 92 valence electrons. The maximum atomic E-state index is 11.2. The summed E-state index contributed by atoms with van der Waals surface area (Å²) in [5, 5.41) is 5.00. The van der Waals surface area contributed by atoms with Gasteiger partial charge in [0.15, 0.2) is 0 Å². The van der Waals surface area contributed by atoms with E-state index in [-0.39, 0.29) is 5.91 Å². The van der Waals surface area contributed by atoms with Gasteiger partial charge in [0, 0.05) is 25.5 Å². The first-order valence-corrected chi connectivity index (χ1v) is 5.75. The highest BCUT2D eigenvalue weighted by molar-refractivity contribution is 6.00. The van der Waals surface area contributed by atoms with Crippen LogP contribution in [0.25, 0.3) is 10.8 Å². The van der Waals surface area contributed by atoms with Gasteiger partial charge in [-0.1, -0.05) is 18.7 Å². The molecule has 0 aliphatic heterocycles. The predicted molar refractivity (Wildman–Crippen MR) is 77.1 cm³/mol. The fraction of sp³-hybridized carbons (Fsp3) is 0.133. The van der Waals surface area contributed by atoms with E-state index >= 15 is 0 Å². The Morgan fingerprint density at radius 2 is 1.83 bits per heavy atom. The van der Waals surface area contributed by atoms with Gasteiger partial charge in [0.2, 0.25) is 5.91 Å². The maximum Gasteiger partial charge on any atom is 0.247 e. The minimum absolute atomic E-state index is 0.195. The zero-order chi connectivity index (χ0) is 13.1. The van der Waals surface area contributed by atoms with Crippen LogP contribution in [0.5, 0.6) is 0 Å². The van der Waals surface area contributed by atoms with Gasteiger partial charge in [0.05, 0.1) is 0 Å². The Labute approximate surface area is 107 Å². The summed E-state index contributed by atoms with van der Waals surface area (Å²) in [7, 11) is 4.03. The second-order valence-electron chi connectivity index (χ2n) is 4.33. The van der Waals surface area contributed by atoms with Crippen LogP contribution in [0.15, 0.2) is 49.1 Å². The number of carbonyl (C=O) groups excluding carboxylic acids is 1. The molecule has 0 bridgehead atoms. The molecule has 0 aromatic heterocycles. The standard InChI is InChI=1S/C15H16N2O/c1-4-15(18)16-13-7-5-12-10-14(17(2)3)8-6-11(12)9-13/h4-10H,1H2,2-3H3,(H,16,18). The molecule has 0 heterocycles. The van der Waals surface area contributed by atoms with Crippen LogP contribution in [0.1, 0.15) is 0 Å². The molecule has 0 spiro atoms. The normalized spacial score (nSPS) is 10.1. The van der Waals surface area contributed by atoms with E-state index in [1.54, 1.807) is 0 Å². The smallest absolute Gasteiger partial charge is 0.247 e. The van der Waals surface area contributed by atoms with Crippen molar-refractivity contribution in [3.63, 3.8) is 0 Å². The van der Waals surface area contributed by atoms with E-state index in [9.17, 15) is 4.79 Å². The van der Waals surface area contributed by atoms with Gasteiger partial charge < -0.3 is 10.2 Å². The molecule has 0 unspecified atom stereocenters. The molecular weight excluding hydrogens is 224 g/mol. The lowest BCUT2D eigenvalue weighted by Crippen LogP contribution is -2.08. The van der Waals surface area contributed by atoms with Gasteiger partial charge >= 0.3 is 0 Å². The molecule has 0 radical (unpaired) electrons. The Hall–Kier alpha value is -2.29. The van der Waals surface area contributed by atoms with Crippen LogP contribution in [0, 0.1) is 0 Å². The molecule has 2 aromatic carbocycles. The van der Waals surface area contributed by atoms with Gasteiger partial charge in [-0.05, 0) is 41.1 Å². The van der Waals surface area contributed by atoms with Crippen molar-refractivity contribution in [1.82, 2.24) is 0 Å². The average Bonchev–Trinajstić information content (AvgIpc) is 2.37. The summed E-state index contributed by atoms with van der Waals surface area (Å²) in [5.74, 6) is -0.195. The number of rotatable bonds is 3. The molecule has 0 saturated heterocycles. The first-order chi connectivity index (χ1) is 8.60. The van der Waals surface area contributed by atoms with Crippen molar-refractivity contribution in [3.8, 4) is 0 Å². The highest BCUT2D eigenvalue weighted by Crippen LogP contribution is 2.23. The van der Waals surface area contributed by atoms with Crippen molar-refractivity contribution in [1.29, 1.82) is 0 Å². The summed E-state index contributed by atoms with van der Waals surface area (Å²) < 4.78 is 0. The monoisotopic (exact) mass is 240 g/mol. The summed E-state index contributed by atoms with van der Waals surface area (Å²) in [6, 6.07) is 12.1. The lowest BCUT2D eigenvalue weighted by molar-refractivity contribution is -0.111. The second-order valence-corrected chi connectivity index (χ2v) is 4.33. The number of anilines is 2. The van der Waals surface area contributed by atoms with Gasteiger partial charge in [0.25, 0.3) is 0 Å². The number of nitrogens with one attached hydrogen (secondary N) is 1. The third kappa shape index (κ3) is 2.51. The highest BCUT2D eigenvalue weighted by atomic mass is 16.1. The van der Waals surface area contributed by atoms with Gasteiger partial charge in [-0.15, -0.1) is 0 Å². The average molecular weight is 240 g/mol. The van der Waals surface area contributed by atoms with Crippen LogP contribution in [0.3, 0.4) is 0 Å². The molecule has 1 N–H and O–H groups in total. The van der Waals surface area contributed by atoms with Gasteiger partial charge in [-0.3, -0.25) is 4.79 Å². The molecule has 3 heteroatoms. The molecular formula is C15H16N2O. The van der Waals surface area contributed by atoms with Crippen LogP contribution < -0.4 is 10.2 Å². The third-order valence-electron chi connectivity index (χ3n) is 2.79. The topological polar surface area (TPSA) is 32.3 Å². The summed E-state index contributed by atoms with van der Waals surface area (Å²) >= 11 is 0. The van der Waals surface area contributed by atoms with Gasteiger partial charge in [-0.2, -0.15) is 0 Å². The van der Waals surface area contributed by atoms with Crippen molar-refractivity contribution in [2.75, 3.05) is 24.3 Å². The van der Waals surface area contributed by atoms with Crippen LogP contribution in [0.4, 0.5) is 11.4 Å².